The van der Waals surface area contributed by atoms with Crippen LogP contribution in [0.15, 0.2) is 79.3 Å². The van der Waals surface area contributed by atoms with Crippen LogP contribution in [-0.2, 0) is 13.6 Å². The van der Waals surface area contributed by atoms with E-state index in [1.54, 1.807) is 46.1 Å². The van der Waals surface area contributed by atoms with Gasteiger partial charge in [0.15, 0.2) is 0 Å². The summed E-state index contributed by atoms with van der Waals surface area (Å²) in [6.07, 6.45) is 6.73. The number of aryl methyl sites for hydroxylation is 1. The lowest BCUT2D eigenvalue weighted by Crippen LogP contribution is -2.51. The molecule has 1 aliphatic heterocycles. The highest BCUT2D eigenvalue weighted by atomic mass is 19.1. The molecule has 198 valence electrons. The molecule has 0 bridgehead atoms. The zero-order chi connectivity index (χ0) is 27.2. The van der Waals surface area contributed by atoms with E-state index in [1.807, 2.05) is 37.5 Å². The van der Waals surface area contributed by atoms with Crippen molar-refractivity contribution in [2.24, 2.45) is 7.05 Å². The largest absolute Gasteiger partial charge is 0.333 e. The van der Waals surface area contributed by atoms with E-state index in [0.717, 1.165) is 29.7 Å². The van der Waals surface area contributed by atoms with Crippen molar-refractivity contribution in [1.29, 1.82) is 5.26 Å². The molecule has 2 aromatic heterocycles. The average molecular weight is 525 g/mol. The zero-order valence-electron chi connectivity index (χ0n) is 21.6. The van der Waals surface area contributed by atoms with Gasteiger partial charge in [-0.05, 0) is 48.7 Å². The molecule has 10 heteroatoms. The zero-order valence-corrected chi connectivity index (χ0v) is 21.6. The van der Waals surface area contributed by atoms with Crippen LogP contribution in [0.25, 0.3) is 11.1 Å². The van der Waals surface area contributed by atoms with E-state index >= 15 is 0 Å². The Morgan fingerprint density at radius 3 is 2.49 bits per heavy atom. The predicted octanol–water partition coefficient (Wildman–Crippen LogP) is 4.70. The van der Waals surface area contributed by atoms with E-state index < -0.39 is 0 Å². The van der Waals surface area contributed by atoms with Crippen LogP contribution in [0.2, 0.25) is 0 Å². The van der Waals surface area contributed by atoms with Gasteiger partial charge < -0.3 is 10.7 Å². The number of urea groups is 1. The Morgan fingerprint density at radius 1 is 1.08 bits per heavy atom. The summed E-state index contributed by atoms with van der Waals surface area (Å²) in [4.78, 5) is 19.6. The van der Waals surface area contributed by atoms with Gasteiger partial charge in [0.25, 0.3) is 0 Å². The lowest BCUT2D eigenvalue weighted by atomic mass is 10.0. The third kappa shape index (κ3) is 6.22. The number of hydrogen-bond donors (Lipinski definition) is 2. The first-order chi connectivity index (χ1) is 19.0. The van der Waals surface area contributed by atoms with Crippen molar-refractivity contribution in [3.8, 4) is 17.2 Å². The third-order valence-electron chi connectivity index (χ3n) is 6.79. The number of pyridine rings is 1. The smallest absolute Gasteiger partial charge is 0.322 e. The van der Waals surface area contributed by atoms with Gasteiger partial charge in [-0.25, -0.2) is 19.2 Å². The number of halogens is 1. The first-order valence-electron chi connectivity index (χ1n) is 12.8. The van der Waals surface area contributed by atoms with E-state index in [-0.39, 0.29) is 24.4 Å². The molecule has 2 amide bonds. The molecule has 0 aliphatic carbocycles. The minimum atomic E-state index is -0.346. The van der Waals surface area contributed by atoms with Crippen LogP contribution < -0.4 is 15.6 Å². The second-order valence-corrected chi connectivity index (χ2v) is 9.44. The Hall–Kier alpha value is -4.75. The Kier molecular flexibility index (Phi) is 7.80. The number of nitrogens with one attached hydrogen (secondary N) is 2. The van der Waals surface area contributed by atoms with Gasteiger partial charge in [0.05, 0.1) is 11.8 Å². The van der Waals surface area contributed by atoms with Gasteiger partial charge in [-0.2, -0.15) is 10.4 Å². The number of hydrazine groups is 1. The number of aromatic nitrogens is 3. The van der Waals surface area contributed by atoms with Crippen LogP contribution in [0.4, 0.5) is 20.7 Å². The highest BCUT2D eigenvalue weighted by Gasteiger charge is 2.29. The Morgan fingerprint density at radius 2 is 1.85 bits per heavy atom. The summed E-state index contributed by atoms with van der Waals surface area (Å²) in [5, 5.41) is 18.2. The number of nitriles is 1. The summed E-state index contributed by atoms with van der Waals surface area (Å²) < 4.78 is 15.9. The van der Waals surface area contributed by atoms with Gasteiger partial charge in [0, 0.05) is 61.9 Å². The van der Waals surface area contributed by atoms with Crippen LogP contribution in [0.5, 0.6) is 0 Å². The fourth-order valence-corrected chi connectivity index (χ4v) is 4.70. The quantitative estimate of drug-likeness (QED) is 0.363. The molecule has 0 saturated carbocycles. The van der Waals surface area contributed by atoms with Crippen molar-refractivity contribution in [2.45, 2.75) is 25.4 Å². The molecule has 4 aromatic rings. The number of benzene rings is 2. The third-order valence-corrected chi connectivity index (χ3v) is 6.79. The van der Waals surface area contributed by atoms with Crippen LogP contribution in [0.1, 0.15) is 24.0 Å². The van der Waals surface area contributed by atoms with Gasteiger partial charge >= 0.3 is 6.03 Å². The van der Waals surface area contributed by atoms with E-state index in [0.29, 0.717) is 30.0 Å². The van der Waals surface area contributed by atoms with Crippen LogP contribution >= 0.6 is 0 Å². The minimum absolute atomic E-state index is 0.0539. The molecule has 3 heterocycles. The van der Waals surface area contributed by atoms with Crippen LogP contribution in [0, 0.1) is 17.1 Å². The number of nitrogens with zero attached hydrogens (tertiary/aromatic N) is 6. The molecular weight excluding hydrogens is 495 g/mol. The SMILES string of the molecule is Cn1cc(-c2ccc(N(C(=O)NCc3ccccc3F)C3CCN(Nc4ccc(C#N)cn4)CC3)cc2)cn1. The van der Waals surface area contributed by atoms with Crippen molar-refractivity contribution in [1.82, 2.24) is 25.1 Å². The van der Waals surface area contributed by atoms with E-state index in [4.69, 9.17) is 5.26 Å². The maximum Gasteiger partial charge on any atom is 0.322 e. The first kappa shape index (κ1) is 25.9. The monoisotopic (exact) mass is 524 g/mol. The Balaban J connectivity index is 1.30. The summed E-state index contributed by atoms with van der Waals surface area (Å²) in [5.74, 6) is 0.318. The van der Waals surface area contributed by atoms with Gasteiger partial charge in [-0.15, -0.1) is 0 Å². The number of hydrogen-bond acceptors (Lipinski definition) is 6. The standard InChI is InChI=1S/C29H29FN8O/c1-36-20-24(19-34-36)22-7-9-25(10-8-22)38(29(39)33-18-23-4-2-3-5-27(23)30)26-12-14-37(15-13-26)35-28-11-6-21(16-31)17-32-28/h2-11,17,19-20,26H,12-15,18H2,1H3,(H,32,35)(H,33,39). The van der Waals surface area contributed by atoms with Gasteiger partial charge in [-0.3, -0.25) is 9.58 Å². The molecule has 1 saturated heterocycles. The van der Waals surface area contributed by atoms with Crippen molar-refractivity contribution >= 4 is 17.5 Å². The second kappa shape index (κ2) is 11.8. The van der Waals surface area contributed by atoms with Crippen molar-refractivity contribution in [3.05, 3.63) is 96.2 Å². The maximum atomic E-state index is 14.2. The van der Waals surface area contributed by atoms with Crippen molar-refractivity contribution < 1.29 is 9.18 Å². The van der Waals surface area contributed by atoms with E-state index in [2.05, 4.69) is 31.9 Å². The molecule has 5 rings (SSSR count). The molecule has 2 aromatic carbocycles. The number of rotatable bonds is 7. The molecule has 2 N–H and O–H groups in total. The molecule has 0 atom stereocenters. The Labute approximate surface area is 226 Å². The highest BCUT2D eigenvalue weighted by molar-refractivity contribution is 5.93. The lowest BCUT2D eigenvalue weighted by molar-refractivity contribution is 0.225. The highest BCUT2D eigenvalue weighted by Crippen LogP contribution is 2.28. The average Bonchev–Trinajstić information content (AvgIpc) is 3.40. The fourth-order valence-electron chi connectivity index (χ4n) is 4.70. The summed E-state index contributed by atoms with van der Waals surface area (Å²) >= 11 is 0. The van der Waals surface area contributed by atoms with Crippen LogP contribution in [-0.4, -0.2) is 44.9 Å². The summed E-state index contributed by atoms with van der Waals surface area (Å²) in [5.41, 5.74) is 7.00. The normalized spacial score (nSPS) is 14.0. The number of anilines is 2. The molecule has 0 spiro atoms. The summed E-state index contributed by atoms with van der Waals surface area (Å²) in [6, 6.07) is 19.5. The molecular formula is C29H29FN8O. The fraction of sp³-hybridized carbons (Fsp3) is 0.241. The van der Waals surface area contributed by atoms with Gasteiger partial charge in [-0.1, -0.05) is 30.3 Å². The molecule has 9 nitrogen and oxygen atoms in total. The van der Waals surface area contributed by atoms with Gasteiger partial charge in [0.2, 0.25) is 0 Å². The topological polar surface area (TPSA) is 102 Å². The number of carbonyl (C=O) groups is 1. The van der Waals surface area contributed by atoms with E-state index in [9.17, 15) is 9.18 Å². The maximum absolute atomic E-state index is 14.2. The Bertz CT molecular complexity index is 1450. The number of amides is 2. The second-order valence-electron chi connectivity index (χ2n) is 9.44. The van der Waals surface area contributed by atoms with Crippen molar-refractivity contribution in [3.63, 3.8) is 0 Å². The van der Waals surface area contributed by atoms with Crippen molar-refractivity contribution in [2.75, 3.05) is 23.4 Å². The lowest BCUT2D eigenvalue weighted by Gasteiger charge is -2.38. The molecule has 1 fully saturated rings. The molecule has 1 aliphatic rings. The number of piperidine rings is 1. The predicted molar refractivity (Wildman–Crippen MR) is 147 cm³/mol. The van der Waals surface area contributed by atoms with Crippen LogP contribution in [0.3, 0.4) is 0 Å². The molecule has 0 unspecified atom stereocenters. The number of carbonyl (C=O) groups excluding carboxylic acids is 1. The first-order valence-corrected chi connectivity index (χ1v) is 12.8. The summed E-state index contributed by atoms with van der Waals surface area (Å²) in [6.45, 7) is 1.48. The van der Waals surface area contributed by atoms with E-state index in [1.165, 1.54) is 12.3 Å². The molecule has 0 radical (unpaired) electrons. The summed E-state index contributed by atoms with van der Waals surface area (Å²) in [7, 11) is 1.87. The minimum Gasteiger partial charge on any atom is -0.333 e. The van der Waals surface area contributed by atoms with Gasteiger partial charge in [0.1, 0.15) is 17.7 Å². The molecule has 39 heavy (non-hydrogen) atoms.